The van der Waals surface area contributed by atoms with Crippen molar-refractivity contribution in [2.24, 2.45) is 5.41 Å². The largest absolute Gasteiger partial charge is 0.394 e. The lowest BCUT2D eigenvalue weighted by molar-refractivity contribution is -0.189. The van der Waals surface area contributed by atoms with Crippen LogP contribution in [0.15, 0.2) is 15.8 Å². The smallest absolute Gasteiger partial charge is 0.340 e. The van der Waals surface area contributed by atoms with Gasteiger partial charge in [0.15, 0.2) is 22.8 Å². The quantitative estimate of drug-likeness (QED) is 0.0490. The lowest BCUT2D eigenvalue weighted by Gasteiger charge is -2.43. The van der Waals surface area contributed by atoms with Crippen molar-refractivity contribution in [1.29, 1.82) is 0 Å². The molecule has 11 nitrogen and oxygen atoms in total. The molecule has 1 aromatic heterocycles. The van der Waals surface area contributed by atoms with E-state index in [4.69, 9.17) is 4.74 Å². The van der Waals surface area contributed by atoms with Crippen LogP contribution in [0.2, 0.25) is 0 Å². The summed E-state index contributed by atoms with van der Waals surface area (Å²) in [6.07, 6.45) is 22.0. The van der Waals surface area contributed by atoms with Crippen molar-refractivity contribution in [3.8, 4) is 0 Å². The SMILES string of the molecule is CCCCCCCCCC(=O)n1c(=O)c(C)cn([C@]2(C(=O)CCCCCCCCC)O[C@H](CO)[C@@H](O)C2(C(=O)CCCCCCCCC)C(=O)CCCCCCCCC)c1=O. The number of aliphatic hydroxyl groups is 2. The minimum Gasteiger partial charge on any atom is -0.394 e. The molecule has 1 saturated heterocycles. The van der Waals surface area contributed by atoms with E-state index in [1.807, 2.05) is 0 Å². The highest BCUT2D eigenvalue weighted by Crippen LogP contribution is 2.54. The molecule has 0 aliphatic carbocycles. The van der Waals surface area contributed by atoms with Gasteiger partial charge in [-0.15, -0.1) is 0 Å². The first-order chi connectivity index (χ1) is 29.5. The molecule has 0 amide bonds. The highest BCUT2D eigenvalue weighted by atomic mass is 16.6. The molecular weight excluding hydrogens is 773 g/mol. The second-order valence-corrected chi connectivity index (χ2v) is 18.0. The second-order valence-electron chi connectivity index (χ2n) is 18.0. The van der Waals surface area contributed by atoms with Crippen LogP contribution in [0.3, 0.4) is 0 Å². The lowest BCUT2D eigenvalue weighted by Crippen LogP contribution is -2.67. The molecule has 0 spiro atoms. The van der Waals surface area contributed by atoms with Crippen molar-refractivity contribution in [3.63, 3.8) is 0 Å². The van der Waals surface area contributed by atoms with Crippen molar-refractivity contribution < 1.29 is 34.1 Å². The molecule has 2 rings (SSSR count). The molecule has 1 aliphatic rings. The Labute approximate surface area is 368 Å². The predicted octanol–water partition coefficient (Wildman–Crippen LogP) is 10.6. The number of ether oxygens (including phenoxy) is 1. The van der Waals surface area contributed by atoms with Crippen LogP contribution in [-0.4, -0.2) is 61.4 Å². The van der Waals surface area contributed by atoms with E-state index in [-0.39, 0.29) is 31.2 Å². The summed E-state index contributed by atoms with van der Waals surface area (Å²) >= 11 is 0. The van der Waals surface area contributed by atoms with Gasteiger partial charge < -0.3 is 14.9 Å². The third kappa shape index (κ3) is 15.2. The van der Waals surface area contributed by atoms with Crippen molar-refractivity contribution in [3.05, 3.63) is 32.6 Å². The number of unbranched alkanes of at least 4 members (excludes halogenated alkanes) is 24. The molecule has 0 aromatic carbocycles. The van der Waals surface area contributed by atoms with Gasteiger partial charge in [0.05, 0.1) is 6.61 Å². The predicted molar refractivity (Wildman–Crippen MR) is 244 cm³/mol. The fourth-order valence-electron chi connectivity index (χ4n) is 9.28. The zero-order valence-corrected chi connectivity index (χ0v) is 39.2. The highest BCUT2D eigenvalue weighted by Gasteiger charge is 2.76. The average Bonchev–Trinajstić information content (AvgIpc) is 3.52. The van der Waals surface area contributed by atoms with Crippen molar-refractivity contribution in [2.75, 3.05) is 6.61 Å². The topological polar surface area (TPSA) is 162 Å². The number of Topliss-reactive ketones (excluding diaryl/α,β-unsaturated/α-hetero) is 3. The number of hydrogen-bond donors (Lipinski definition) is 2. The Morgan fingerprint density at radius 3 is 1.28 bits per heavy atom. The monoisotopic (exact) mass is 859 g/mol. The van der Waals surface area contributed by atoms with E-state index in [0.29, 0.717) is 49.5 Å². The number of nitrogens with zero attached hydrogens (tertiary/aromatic N) is 2. The van der Waals surface area contributed by atoms with Gasteiger partial charge in [0.1, 0.15) is 12.2 Å². The summed E-state index contributed by atoms with van der Waals surface area (Å²) < 4.78 is 7.81. The third-order valence-corrected chi connectivity index (χ3v) is 13.0. The third-order valence-electron chi connectivity index (χ3n) is 13.0. The Bertz CT molecular complexity index is 1530. The molecule has 3 atom stereocenters. The number of aryl methyl sites for hydroxylation is 1. The number of carbonyl (C=O) groups is 4. The standard InChI is InChI=1S/C50H86N2O9/c1-6-10-14-18-22-26-30-34-42(54)49(43(55)35-31-27-23-19-15-11-7-2)46(58)41(39-53)61-50(49,44(56)36-32-28-24-20-16-12-8-3)51-38-40(5)47(59)52(48(51)60)45(57)37-33-29-25-21-17-13-9-4/h38,41,46,53,58H,6-37,39H2,1-5H3/t41-,46-,50-/m1/s1. The van der Waals surface area contributed by atoms with Crippen LogP contribution < -0.4 is 11.2 Å². The minimum atomic E-state index is -2.74. The molecule has 0 bridgehead atoms. The van der Waals surface area contributed by atoms with Crippen LogP contribution >= 0.6 is 0 Å². The van der Waals surface area contributed by atoms with Gasteiger partial charge in [-0.1, -0.05) is 182 Å². The van der Waals surface area contributed by atoms with Crippen molar-refractivity contribution in [1.82, 2.24) is 9.13 Å². The molecule has 350 valence electrons. The summed E-state index contributed by atoms with van der Waals surface area (Å²) in [7, 11) is 0. The van der Waals surface area contributed by atoms with Gasteiger partial charge >= 0.3 is 5.69 Å². The number of aromatic nitrogens is 2. The Morgan fingerprint density at radius 2 is 0.902 bits per heavy atom. The fourth-order valence-corrected chi connectivity index (χ4v) is 9.28. The van der Waals surface area contributed by atoms with Crippen LogP contribution in [0.4, 0.5) is 0 Å². The number of carbonyl (C=O) groups excluding carboxylic acids is 4. The van der Waals surface area contributed by atoms with Gasteiger partial charge in [-0.25, -0.2) is 4.79 Å². The molecule has 0 saturated carbocycles. The van der Waals surface area contributed by atoms with E-state index < -0.39 is 64.5 Å². The molecular formula is C50H86N2O9. The summed E-state index contributed by atoms with van der Waals surface area (Å²) in [5.74, 6) is -2.95. The van der Waals surface area contributed by atoms with Crippen molar-refractivity contribution in [2.45, 2.75) is 258 Å². The zero-order valence-electron chi connectivity index (χ0n) is 39.2. The molecule has 2 heterocycles. The van der Waals surface area contributed by atoms with Crippen molar-refractivity contribution >= 4 is 23.3 Å². The fraction of sp³-hybridized carbons (Fsp3) is 0.840. The molecule has 1 aliphatic heterocycles. The maximum Gasteiger partial charge on any atom is 0.340 e. The minimum absolute atomic E-state index is 0.0610. The first kappa shape index (κ1) is 54.4. The number of hydrogen-bond acceptors (Lipinski definition) is 9. The van der Waals surface area contributed by atoms with E-state index in [1.165, 1.54) is 6.92 Å². The molecule has 1 fully saturated rings. The molecule has 2 N–H and O–H groups in total. The summed E-state index contributed by atoms with van der Waals surface area (Å²) in [5, 5.41) is 23.1. The number of ketones is 3. The van der Waals surface area contributed by atoms with Crippen LogP contribution in [0.5, 0.6) is 0 Å². The maximum absolute atomic E-state index is 15.3. The van der Waals surface area contributed by atoms with Gasteiger partial charge in [0.2, 0.25) is 11.6 Å². The van der Waals surface area contributed by atoms with Crippen LogP contribution in [0, 0.1) is 12.3 Å². The van der Waals surface area contributed by atoms with Gasteiger partial charge in [-0.3, -0.25) is 28.5 Å². The van der Waals surface area contributed by atoms with Crippen LogP contribution in [0.25, 0.3) is 0 Å². The molecule has 61 heavy (non-hydrogen) atoms. The summed E-state index contributed by atoms with van der Waals surface area (Å²) in [6.45, 7) is 9.14. The lowest BCUT2D eigenvalue weighted by atomic mass is 9.63. The van der Waals surface area contributed by atoms with E-state index in [0.717, 1.165) is 146 Å². The molecule has 11 heteroatoms. The maximum atomic E-state index is 15.3. The van der Waals surface area contributed by atoms with Crippen LogP contribution in [-0.2, 0) is 24.8 Å². The average molecular weight is 859 g/mol. The van der Waals surface area contributed by atoms with Gasteiger partial charge in [-0.2, -0.15) is 4.57 Å². The first-order valence-corrected chi connectivity index (χ1v) is 24.9. The Kier molecular flexibility index (Phi) is 27.0. The van der Waals surface area contributed by atoms with E-state index >= 15 is 14.4 Å². The van der Waals surface area contributed by atoms with Gasteiger partial charge in [0.25, 0.3) is 5.56 Å². The van der Waals surface area contributed by atoms with E-state index in [2.05, 4.69) is 27.7 Å². The summed E-state index contributed by atoms with van der Waals surface area (Å²) in [5.41, 5.74) is -7.46. The molecule has 1 aromatic rings. The Morgan fingerprint density at radius 1 is 0.557 bits per heavy atom. The molecule has 0 unspecified atom stereocenters. The summed E-state index contributed by atoms with van der Waals surface area (Å²) in [4.78, 5) is 88.2. The first-order valence-electron chi connectivity index (χ1n) is 24.9. The Hall–Kier alpha value is -2.76. The number of aliphatic hydroxyl groups excluding tert-OH is 2. The summed E-state index contributed by atoms with van der Waals surface area (Å²) in [6, 6.07) is 0. The van der Waals surface area contributed by atoms with Gasteiger partial charge in [0, 0.05) is 37.4 Å². The second kappa shape index (κ2) is 30.3. The Balaban J connectivity index is 2.80. The highest BCUT2D eigenvalue weighted by molar-refractivity contribution is 6.13. The van der Waals surface area contributed by atoms with Crippen LogP contribution in [0.1, 0.15) is 244 Å². The van der Waals surface area contributed by atoms with E-state index in [9.17, 15) is 24.6 Å². The van der Waals surface area contributed by atoms with Gasteiger partial charge in [-0.05, 0) is 32.6 Å². The zero-order chi connectivity index (χ0) is 45.1. The molecule has 0 radical (unpaired) electrons. The van der Waals surface area contributed by atoms with E-state index in [1.54, 1.807) is 0 Å². The normalized spacial score (nSPS) is 18.5. The number of rotatable bonds is 37.